The summed E-state index contributed by atoms with van der Waals surface area (Å²) in [4.78, 5) is 29.1. The summed E-state index contributed by atoms with van der Waals surface area (Å²) in [7, 11) is -4.07. The van der Waals surface area contributed by atoms with Gasteiger partial charge in [-0.2, -0.15) is 0 Å². The van der Waals surface area contributed by atoms with Gasteiger partial charge >= 0.3 is 0 Å². The van der Waals surface area contributed by atoms with E-state index in [4.69, 9.17) is 0 Å². The van der Waals surface area contributed by atoms with Gasteiger partial charge in [-0.1, -0.05) is 92.9 Å². The highest BCUT2D eigenvalue weighted by molar-refractivity contribution is 7.92. The van der Waals surface area contributed by atoms with Crippen LogP contribution in [0.15, 0.2) is 89.8 Å². The molecule has 0 radical (unpaired) electrons. The average molecular weight is 562 g/mol. The number of carbonyl (C=O) groups excluding carboxylic acids is 2. The molecule has 0 heterocycles. The number of benzene rings is 3. The highest BCUT2D eigenvalue weighted by Crippen LogP contribution is 2.28. The number of nitrogens with zero attached hydrogens (tertiary/aromatic N) is 2. The van der Waals surface area contributed by atoms with Crippen LogP contribution in [0.2, 0.25) is 0 Å². The number of aryl methyl sites for hydroxylation is 1. The Kier molecular flexibility index (Phi) is 9.98. The van der Waals surface area contributed by atoms with Crippen molar-refractivity contribution in [1.29, 1.82) is 0 Å². The predicted octanol–water partition coefficient (Wildman–Crippen LogP) is 5.31. The number of nitrogens with one attached hydrogen (secondary N) is 1. The minimum Gasteiger partial charge on any atom is -0.352 e. The zero-order valence-corrected chi connectivity index (χ0v) is 24.1. The molecular weight excluding hydrogens is 522 g/mol. The molecule has 1 N–H and O–H groups in total. The van der Waals surface area contributed by atoms with Gasteiger partial charge < -0.3 is 10.2 Å². The molecule has 0 aliphatic heterocycles. The lowest BCUT2D eigenvalue weighted by atomic mass is 9.95. The molecule has 7 nitrogen and oxygen atoms in total. The van der Waals surface area contributed by atoms with Crippen molar-refractivity contribution in [2.24, 2.45) is 0 Å². The van der Waals surface area contributed by atoms with Crippen LogP contribution in [-0.4, -0.2) is 43.8 Å². The van der Waals surface area contributed by atoms with Crippen molar-refractivity contribution in [3.05, 3.63) is 96.1 Å². The van der Waals surface area contributed by atoms with Gasteiger partial charge in [0.2, 0.25) is 11.8 Å². The molecule has 0 aromatic heterocycles. The maximum Gasteiger partial charge on any atom is 0.264 e. The second-order valence-electron chi connectivity index (χ2n) is 10.3. The van der Waals surface area contributed by atoms with Crippen LogP contribution in [-0.2, 0) is 32.6 Å². The van der Waals surface area contributed by atoms with E-state index in [1.54, 1.807) is 37.3 Å². The molecule has 0 saturated heterocycles. The average Bonchev–Trinajstić information content (AvgIpc) is 2.99. The van der Waals surface area contributed by atoms with E-state index in [9.17, 15) is 18.0 Å². The lowest BCUT2D eigenvalue weighted by Crippen LogP contribution is -2.53. The van der Waals surface area contributed by atoms with Gasteiger partial charge in [0.25, 0.3) is 10.0 Å². The Morgan fingerprint density at radius 3 is 2.12 bits per heavy atom. The summed E-state index contributed by atoms with van der Waals surface area (Å²) in [6.45, 7) is 3.43. The molecule has 1 fully saturated rings. The zero-order valence-electron chi connectivity index (χ0n) is 23.3. The molecule has 1 aliphatic rings. The Bertz CT molecular complexity index is 1370. The summed E-state index contributed by atoms with van der Waals surface area (Å²) < 4.78 is 29.1. The van der Waals surface area contributed by atoms with Gasteiger partial charge in [-0.25, -0.2) is 8.42 Å². The van der Waals surface area contributed by atoms with E-state index in [1.807, 2.05) is 49.4 Å². The van der Waals surface area contributed by atoms with Crippen LogP contribution in [0, 0.1) is 0 Å². The van der Waals surface area contributed by atoms with E-state index in [1.165, 1.54) is 27.8 Å². The molecule has 1 atom stereocenters. The summed E-state index contributed by atoms with van der Waals surface area (Å²) >= 11 is 0. The largest absolute Gasteiger partial charge is 0.352 e. The number of para-hydroxylation sites is 1. The molecule has 3 aromatic carbocycles. The van der Waals surface area contributed by atoms with Crippen molar-refractivity contribution >= 4 is 27.5 Å². The first-order valence-corrected chi connectivity index (χ1v) is 15.5. The molecule has 40 heavy (non-hydrogen) atoms. The molecule has 1 aliphatic carbocycles. The quantitative estimate of drug-likeness (QED) is 0.344. The topological polar surface area (TPSA) is 86.8 Å². The second-order valence-corrected chi connectivity index (χ2v) is 12.2. The lowest BCUT2D eigenvalue weighted by molar-refractivity contribution is -0.139. The standard InChI is InChI=1S/C32H39N3O4S/c1-3-27-17-13-14-22-30(27)35(40(38,39)29-20-11-6-12-21-29)24-31(36)34(23-26-15-7-4-8-16-26)25(2)32(37)33-28-18-9-5-10-19-28/h4,6-8,11-17,20-22,25,28H,3,5,9-10,18-19,23-24H2,1-2H3,(H,33,37)/t25-/m0/s1. The third-order valence-corrected chi connectivity index (χ3v) is 9.34. The number of sulfonamides is 1. The van der Waals surface area contributed by atoms with Crippen molar-refractivity contribution in [3.8, 4) is 0 Å². The fourth-order valence-corrected chi connectivity index (χ4v) is 6.69. The number of amides is 2. The smallest absolute Gasteiger partial charge is 0.264 e. The molecule has 8 heteroatoms. The molecule has 212 valence electrons. The maximum absolute atomic E-state index is 14.1. The van der Waals surface area contributed by atoms with Gasteiger partial charge in [0.1, 0.15) is 12.6 Å². The predicted molar refractivity (Wildman–Crippen MR) is 158 cm³/mol. The normalized spacial score (nSPS) is 14.8. The third kappa shape index (κ3) is 7.10. The summed E-state index contributed by atoms with van der Waals surface area (Å²) in [5, 5.41) is 3.13. The first-order valence-electron chi connectivity index (χ1n) is 14.1. The number of carbonyl (C=O) groups is 2. The summed E-state index contributed by atoms with van der Waals surface area (Å²) in [6, 6.07) is 24.2. The molecule has 2 amide bonds. The van der Waals surface area contributed by atoms with Crippen LogP contribution in [0.4, 0.5) is 5.69 Å². The van der Waals surface area contributed by atoms with Crippen LogP contribution in [0.3, 0.4) is 0 Å². The van der Waals surface area contributed by atoms with Gasteiger partial charge in [0.05, 0.1) is 10.6 Å². The van der Waals surface area contributed by atoms with E-state index in [-0.39, 0.29) is 23.4 Å². The van der Waals surface area contributed by atoms with Gasteiger partial charge in [-0.3, -0.25) is 13.9 Å². The van der Waals surface area contributed by atoms with Gasteiger partial charge in [-0.15, -0.1) is 0 Å². The maximum atomic E-state index is 14.1. The van der Waals surface area contributed by atoms with Crippen molar-refractivity contribution in [1.82, 2.24) is 10.2 Å². The highest BCUT2D eigenvalue weighted by atomic mass is 32.2. The Hall–Kier alpha value is -3.65. The minimum absolute atomic E-state index is 0.101. The number of anilines is 1. The van der Waals surface area contributed by atoms with Crippen LogP contribution in [0.25, 0.3) is 0 Å². The molecule has 0 unspecified atom stereocenters. The fourth-order valence-electron chi connectivity index (χ4n) is 5.22. The second kappa shape index (κ2) is 13.6. The van der Waals surface area contributed by atoms with Crippen LogP contribution in [0.5, 0.6) is 0 Å². The van der Waals surface area contributed by atoms with Crippen LogP contribution >= 0.6 is 0 Å². The zero-order chi connectivity index (χ0) is 28.5. The summed E-state index contributed by atoms with van der Waals surface area (Å²) in [5.74, 6) is -0.664. The molecule has 3 aromatic rings. The van der Waals surface area contributed by atoms with Gasteiger partial charge in [-0.05, 0) is 55.5 Å². The van der Waals surface area contributed by atoms with E-state index < -0.39 is 28.5 Å². The van der Waals surface area contributed by atoms with E-state index in [2.05, 4.69) is 5.32 Å². The van der Waals surface area contributed by atoms with E-state index >= 15 is 0 Å². The molecule has 4 rings (SSSR count). The highest BCUT2D eigenvalue weighted by Gasteiger charge is 2.33. The Labute approximate surface area is 238 Å². The minimum atomic E-state index is -4.07. The number of rotatable bonds is 11. The lowest BCUT2D eigenvalue weighted by Gasteiger charge is -2.33. The summed E-state index contributed by atoms with van der Waals surface area (Å²) in [5.41, 5.74) is 2.13. The first kappa shape index (κ1) is 29.3. The molecule has 0 bridgehead atoms. The first-order chi connectivity index (χ1) is 19.3. The van der Waals surface area contributed by atoms with Crippen molar-refractivity contribution in [3.63, 3.8) is 0 Å². The summed E-state index contributed by atoms with van der Waals surface area (Å²) in [6.07, 6.45) is 5.79. The molecule has 1 saturated carbocycles. The molecular formula is C32H39N3O4S. The number of hydrogen-bond acceptors (Lipinski definition) is 4. The van der Waals surface area contributed by atoms with E-state index in [0.717, 1.165) is 36.8 Å². The number of hydrogen-bond donors (Lipinski definition) is 1. The third-order valence-electron chi connectivity index (χ3n) is 7.57. The van der Waals surface area contributed by atoms with Crippen LogP contribution in [0.1, 0.15) is 57.1 Å². The van der Waals surface area contributed by atoms with Gasteiger partial charge in [0.15, 0.2) is 0 Å². The Morgan fingerprint density at radius 1 is 0.875 bits per heavy atom. The Balaban J connectivity index is 1.68. The Morgan fingerprint density at radius 2 is 1.48 bits per heavy atom. The SMILES string of the molecule is CCc1ccccc1N(CC(=O)N(Cc1ccccc1)[C@@H](C)C(=O)NC1CCCCC1)S(=O)(=O)c1ccccc1. The van der Waals surface area contributed by atoms with Crippen molar-refractivity contribution in [2.75, 3.05) is 10.8 Å². The van der Waals surface area contributed by atoms with E-state index in [0.29, 0.717) is 12.1 Å². The van der Waals surface area contributed by atoms with Crippen molar-refractivity contribution < 1.29 is 18.0 Å². The fraction of sp³-hybridized carbons (Fsp3) is 0.375. The van der Waals surface area contributed by atoms with Crippen LogP contribution < -0.4 is 9.62 Å². The monoisotopic (exact) mass is 561 g/mol. The molecule has 0 spiro atoms. The van der Waals surface area contributed by atoms with Gasteiger partial charge in [0, 0.05) is 12.6 Å². The van der Waals surface area contributed by atoms with Crippen molar-refractivity contribution in [2.45, 2.75) is 75.9 Å².